The van der Waals surface area contributed by atoms with Gasteiger partial charge in [0.15, 0.2) is 0 Å². The van der Waals surface area contributed by atoms with Crippen LogP contribution in [0.2, 0.25) is 0 Å². The van der Waals surface area contributed by atoms with Gasteiger partial charge in [0.1, 0.15) is 0 Å². The van der Waals surface area contributed by atoms with E-state index in [1.165, 1.54) is 7.11 Å². The molecule has 0 bridgehead atoms. The zero-order chi connectivity index (χ0) is 11.8. The van der Waals surface area contributed by atoms with Gasteiger partial charge >= 0.3 is 5.97 Å². The summed E-state index contributed by atoms with van der Waals surface area (Å²) in [7, 11) is 1.42. The van der Waals surface area contributed by atoms with Gasteiger partial charge in [-0.2, -0.15) is 5.10 Å². The number of nitrogens with zero attached hydrogens (tertiary/aromatic N) is 3. The van der Waals surface area contributed by atoms with Crippen LogP contribution in [0.25, 0.3) is 0 Å². The molecule has 0 atom stereocenters. The summed E-state index contributed by atoms with van der Waals surface area (Å²) in [6.07, 6.45) is 4.16. The number of hydrogen-bond acceptors (Lipinski definition) is 4. The first-order valence-electron chi connectivity index (χ1n) is 5.53. The molecule has 1 aromatic heterocycles. The average molecular weight is 225 g/mol. The fraction of sp³-hybridized carbons (Fsp3) is 0.636. The smallest absolute Gasteiger partial charge is 0.306 e. The highest BCUT2D eigenvalue weighted by atomic mass is 16.5. The molecule has 16 heavy (non-hydrogen) atoms. The Labute approximate surface area is 96.0 Å². The molecule has 5 nitrogen and oxygen atoms in total. The molecule has 0 unspecified atom stereocenters. The van der Waals surface area contributed by atoms with Crippen molar-refractivity contribution in [3.8, 4) is 0 Å². The molecular weight excluding hydrogens is 206 g/mol. The predicted molar refractivity (Wildman–Crippen MR) is 61.0 cm³/mol. The van der Waals surface area contributed by atoms with E-state index in [1.807, 2.05) is 16.9 Å². The van der Waals surface area contributed by atoms with Gasteiger partial charge in [0.05, 0.1) is 20.1 Å². The Morgan fingerprint density at radius 3 is 2.88 bits per heavy atom. The van der Waals surface area contributed by atoms with Crippen LogP contribution in [0, 0.1) is 0 Å². The topological polar surface area (TPSA) is 47.4 Å². The second kappa shape index (κ2) is 7.00. The Bertz CT molecular complexity index is 298. The number of rotatable bonds is 7. The lowest BCUT2D eigenvalue weighted by Gasteiger charge is -2.19. The molecule has 0 saturated heterocycles. The highest BCUT2D eigenvalue weighted by Crippen LogP contribution is 1.95. The monoisotopic (exact) mass is 225 g/mol. The summed E-state index contributed by atoms with van der Waals surface area (Å²) in [5, 5.41) is 4.13. The lowest BCUT2D eigenvalue weighted by atomic mass is 10.3. The Morgan fingerprint density at radius 2 is 2.31 bits per heavy atom. The van der Waals surface area contributed by atoms with Crippen molar-refractivity contribution < 1.29 is 9.53 Å². The molecule has 0 radical (unpaired) electrons. The molecule has 1 aromatic rings. The van der Waals surface area contributed by atoms with Crippen LogP contribution in [0.1, 0.15) is 13.3 Å². The van der Waals surface area contributed by atoms with E-state index in [1.54, 1.807) is 6.20 Å². The molecule has 0 saturated carbocycles. The van der Waals surface area contributed by atoms with Gasteiger partial charge in [0, 0.05) is 25.5 Å². The number of likely N-dealkylation sites (N-methyl/N-ethyl adjacent to an activating group) is 1. The summed E-state index contributed by atoms with van der Waals surface area (Å²) >= 11 is 0. The van der Waals surface area contributed by atoms with E-state index in [9.17, 15) is 4.79 Å². The zero-order valence-corrected chi connectivity index (χ0v) is 9.93. The zero-order valence-electron chi connectivity index (χ0n) is 9.93. The molecule has 0 aliphatic carbocycles. The molecular formula is C11H19N3O2. The normalized spacial score (nSPS) is 10.7. The van der Waals surface area contributed by atoms with Crippen molar-refractivity contribution in [2.75, 3.05) is 26.7 Å². The summed E-state index contributed by atoms with van der Waals surface area (Å²) in [5.74, 6) is -0.155. The van der Waals surface area contributed by atoms with Crippen LogP contribution in [0.15, 0.2) is 18.5 Å². The van der Waals surface area contributed by atoms with Gasteiger partial charge in [-0.15, -0.1) is 0 Å². The molecule has 0 fully saturated rings. The second-order valence-corrected chi connectivity index (χ2v) is 3.53. The van der Waals surface area contributed by atoms with Gasteiger partial charge in [-0.05, 0) is 12.6 Å². The molecule has 0 aliphatic heterocycles. The fourth-order valence-electron chi connectivity index (χ4n) is 1.46. The first-order valence-corrected chi connectivity index (χ1v) is 5.53. The summed E-state index contributed by atoms with van der Waals surface area (Å²) in [4.78, 5) is 13.2. The third-order valence-electron chi connectivity index (χ3n) is 2.51. The minimum atomic E-state index is -0.155. The predicted octanol–water partition coefficient (Wildman–Crippen LogP) is 0.768. The first kappa shape index (κ1) is 12.7. The number of hydrogen-bond donors (Lipinski definition) is 0. The van der Waals surface area contributed by atoms with Gasteiger partial charge in [-0.1, -0.05) is 6.92 Å². The van der Waals surface area contributed by atoms with Crippen molar-refractivity contribution in [1.29, 1.82) is 0 Å². The van der Waals surface area contributed by atoms with Gasteiger partial charge in [-0.25, -0.2) is 0 Å². The number of carbonyl (C=O) groups is 1. The Kier molecular flexibility index (Phi) is 5.56. The molecule has 0 aromatic carbocycles. The lowest BCUT2D eigenvalue weighted by Crippen LogP contribution is -2.30. The quantitative estimate of drug-likeness (QED) is 0.643. The molecule has 5 heteroatoms. The third kappa shape index (κ3) is 4.44. The van der Waals surface area contributed by atoms with Crippen LogP contribution >= 0.6 is 0 Å². The third-order valence-corrected chi connectivity index (χ3v) is 2.51. The Balaban J connectivity index is 2.23. The largest absolute Gasteiger partial charge is 0.469 e. The fourth-order valence-corrected chi connectivity index (χ4v) is 1.46. The van der Waals surface area contributed by atoms with Crippen LogP contribution in [-0.4, -0.2) is 47.4 Å². The standard InChI is InChI=1S/C11H19N3O2/c1-3-13(8-5-11(15)16-2)9-10-14-7-4-6-12-14/h4,6-7H,3,5,8-10H2,1-2H3. The van der Waals surface area contributed by atoms with Gasteiger partial charge in [0.2, 0.25) is 0 Å². The van der Waals surface area contributed by atoms with Crippen LogP contribution in [0.4, 0.5) is 0 Å². The molecule has 0 aliphatic rings. The summed E-state index contributed by atoms with van der Waals surface area (Å²) in [6, 6.07) is 1.91. The summed E-state index contributed by atoms with van der Waals surface area (Å²) in [6.45, 7) is 5.50. The number of ether oxygens (including phenoxy) is 1. The molecule has 0 spiro atoms. The van der Waals surface area contributed by atoms with E-state index in [4.69, 9.17) is 0 Å². The van der Waals surface area contributed by atoms with Crippen molar-refractivity contribution in [3.05, 3.63) is 18.5 Å². The van der Waals surface area contributed by atoms with Crippen LogP contribution in [-0.2, 0) is 16.1 Å². The van der Waals surface area contributed by atoms with E-state index in [0.717, 1.165) is 26.2 Å². The van der Waals surface area contributed by atoms with Crippen molar-refractivity contribution in [2.45, 2.75) is 19.9 Å². The number of aromatic nitrogens is 2. The minimum absolute atomic E-state index is 0.155. The van der Waals surface area contributed by atoms with E-state index in [-0.39, 0.29) is 5.97 Å². The van der Waals surface area contributed by atoms with Gasteiger partial charge in [-0.3, -0.25) is 9.48 Å². The molecule has 0 amide bonds. The molecule has 0 N–H and O–H groups in total. The van der Waals surface area contributed by atoms with Crippen molar-refractivity contribution >= 4 is 5.97 Å². The minimum Gasteiger partial charge on any atom is -0.469 e. The van der Waals surface area contributed by atoms with E-state index >= 15 is 0 Å². The van der Waals surface area contributed by atoms with E-state index in [0.29, 0.717) is 6.42 Å². The molecule has 90 valence electrons. The number of carbonyl (C=O) groups excluding carboxylic acids is 1. The maximum absolute atomic E-state index is 11.0. The van der Waals surface area contributed by atoms with E-state index in [2.05, 4.69) is 21.7 Å². The van der Waals surface area contributed by atoms with Gasteiger partial charge in [0.25, 0.3) is 0 Å². The van der Waals surface area contributed by atoms with E-state index < -0.39 is 0 Å². The second-order valence-electron chi connectivity index (χ2n) is 3.53. The first-order chi connectivity index (χ1) is 7.76. The number of esters is 1. The van der Waals surface area contributed by atoms with Crippen molar-refractivity contribution in [1.82, 2.24) is 14.7 Å². The van der Waals surface area contributed by atoms with Crippen molar-refractivity contribution in [3.63, 3.8) is 0 Å². The lowest BCUT2D eigenvalue weighted by molar-refractivity contribution is -0.140. The Morgan fingerprint density at radius 1 is 1.50 bits per heavy atom. The van der Waals surface area contributed by atoms with Crippen LogP contribution < -0.4 is 0 Å². The SMILES string of the molecule is CCN(CCC(=O)OC)CCn1cccn1. The maximum atomic E-state index is 11.0. The van der Waals surface area contributed by atoms with Crippen LogP contribution in [0.5, 0.6) is 0 Å². The Hall–Kier alpha value is -1.36. The average Bonchev–Trinajstić information content (AvgIpc) is 2.81. The highest BCUT2D eigenvalue weighted by Gasteiger charge is 2.06. The molecule has 1 rings (SSSR count). The molecule has 1 heterocycles. The summed E-state index contributed by atoms with van der Waals surface area (Å²) in [5.41, 5.74) is 0. The summed E-state index contributed by atoms with van der Waals surface area (Å²) < 4.78 is 6.50. The van der Waals surface area contributed by atoms with Gasteiger partial charge < -0.3 is 9.64 Å². The maximum Gasteiger partial charge on any atom is 0.306 e. The number of methoxy groups -OCH3 is 1. The highest BCUT2D eigenvalue weighted by molar-refractivity contribution is 5.69. The van der Waals surface area contributed by atoms with Crippen molar-refractivity contribution in [2.24, 2.45) is 0 Å². The van der Waals surface area contributed by atoms with Crippen LogP contribution in [0.3, 0.4) is 0 Å².